The standard InChI is InChI=1S/C28H23Cl3O4/c1-4-33-27-23(17-10-6-8-12-20(17)29)19-14-15-22(31)26(35-16(3)32)25(19)24(28(27)34-5-2)18-11-7-9-13-21(18)30/h6-15H,4-5H2,1-3H3. The predicted octanol–water partition coefficient (Wildman–Crippen LogP) is 8.86. The first kappa shape index (κ1) is 25.2. The third-order valence-corrected chi connectivity index (χ3v) is 6.36. The Labute approximate surface area is 219 Å². The predicted molar refractivity (Wildman–Crippen MR) is 143 cm³/mol. The third-order valence-electron chi connectivity index (χ3n) is 5.40. The van der Waals surface area contributed by atoms with Gasteiger partial charge >= 0.3 is 5.97 Å². The summed E-state index contributed by atoms with van der Waals surface area (Å²) in [6, 6.07) is 18.4. The van der Waals surface area contributed by atoms with Gasteiger partial charge in [-0.3, -0.25) is 4.79 Å². The summed E-state index contributed by atoms with van der Waals surface area (Å²) in [5.74, 6) is 0.682. The monoisotopic (exact) mass is 528 g/mol. The molecule has 0 aliphatic rings. The van der Waals surface area contributed by atoms with Crippen molar-refractivity contribution in [2.24, 2.45) is 0 Å². The quantitative estimate of drug-likeness (QED) is 0.177. The average molecular weight is 530 g/mol. The van der Waals surface area contributed by atoms with Gasteiger partial charge in [0.15, 0.2) is 17.2 Å². The molecule has 0 saturated carbocycles. The van der Waals surface area contributed by atoms with Crippen molar-refractivity contribution in [3.8, 4) is 39.5 Å². The van der Waals surface area contributed by atoms with Gasteiger partial charge in [-0.2, -0.15) is 0 Å². The van der Waals surface area contributed by atoms with Crippen molar-refractivity contribution in [1.82, 2.24) is 0 Å². The molecule has 4 aromatic rings. The van der Waals surface area contributed by atoms with Crippen molar-refractivity contribution >= 4 is 51.5 Å². The van der Waals surface area contributed by atoms with Crippen LogP contribution in [-0.4, -0.2) is 19.2 Å². The number of benzene rings is 4. The first-order chi connectivity index (χ1) is 16.9. The van der Waals surface area contributed by atoms with Gasteiger partial charge in [-0.15, -0.1) is 0 Å². The van der Waals surface area contributed by atoms with Crippen LogP contribution in [0.2, 0.25) is 15.1 Å². The molecule has 0 aromatic heterocycles. The molecule has 0 fully saturated rings. The molecule has 35 heavy (non-hydrogen) atoms. The van der Waals surface area contributed by atoms with E-state index in [9.17, 15) is 4.79 Å². The van der Waals surface area contributed by atoms with Crippen molar-refractivity contribution in [1.29, 1.82) is 0 Å². The normalized spacial score (nSPS) is 10.9. The van der Waals surface area contributed by atoms with E-state index in [0.717, 1.165) is 10.9 Å². The second-order valence-corrected chi connectivity index (χ2v) is 8.85. The minimum atomic E-state index is -0.504. The topological polar surface area (TPSA) is 44.8 Å². The highest BCUT2D eigenvalue weighted by atomic mass is 35.5. The van der Waals surface area contributed by atoms with Gasteiger partial charge in [-0.25, -0.2) is 0 Å². The number of hydrogen-bond donors (Lipinski definition) is 0. The van der Waals surface area contributed by atoms with Gasteiger partial charge in [0.05, 0.1) is 18.2 Å². The molecule has 0 saturated heterocycles. The molecule has 4 aromatic carbocycles. The van der Waals surface area contributed by atoms with E-state index in [1.54, 1.807) is 12.1 Å². The van der Waals surface area contributed by atoms with Crippen LogP contribution in [-0.2, 0) is 4.79 Å². The summed E-state index contributed by atoms with van der Waals surface area (Å²) in [6.45, 7) is 5.86. The number of ether oxygens (including phenoxy) is 3. The molecular weight excluding hydrogens is 507 g/mol. The Kier molecular flexibility index (Phi) is 7.75. The zero-order valence-corrected chi connectivity index (χ0v) is 21.7. The molecule has 4 rings (SSSR count). The summed E-state index contributed by atoms with van der Waals surface area (Å²) in [6.07, 6.45) is 0. The Hall–Kier alpha value is -2.92. The molecule has 0 aliphatic heterocycles. The molecule has 0 heterocycles. The van der Waals surface area contributed by atoms with Crippen LogP contribution in [0.5, 0.6) is 17.2 Å². The van der Waals surface area contributed by atoms with Crippen molar-refractivity contribution in [3.05, 3.63) is 75.7 Å². The SMILES string of the molecule is CCOc1c(OCC)c(-c2ccccc2Cl)c2c(OC(C)=O)c(Cl)ccc2c1-c1ccccc1Cl. The van der Waals surface area contributed by atoms with Crippen LogP contribution >= 0.6 is 34.8 Å². The highest BCUT2D eigenvalue weighted by Crippen LogP contribution is 2.56. The van der Waals surface area contributed by atoms with Crippen molar-refractivity contribution in [3.63, 3.8) is 0 Å². The van der Waals surface area contributed by atoms with Crippen LogP contribution in [0.3, 0.4) is 0 Å². The molecule has 0 aliphatic carbocycles. The number of esters is 1. The lowest BCUT2D eigenvalue weighted by atomic mass is 9.89. The molecule has 0 amide bonds. The Balaban J connectivity index is 2.33. The molecular formula is C28H23Cl3O4. The van der Waals surface area contributed by atoms with Crippen LogP contribution in [0.25, 0.3) is 33.0 Å². The molecule has 0 N–H and O–H groups in total. The van der Waals surface area contributed by atoms with Gasteiger partial charge in [0.2, 0.25) is 0 Å². The first-order valence-corrected chi connectivity index (χ1v) is 12.3. The molecule has 0 bridgehead atoms. The van der Waals surface area contributed by atoms with Crippen molar-refractivity contribution in [2.45, 2.75) is 20.8 Å². The fraction of sp³-hybridized carbons (Fsp3) is 0.179. The average Bonchev–Trinajstić information content (AvgIpc) is 2.83. The molecule has 180 valence electrons. The fourth-order valence-corrected chi connectivity index (χ4v) is 4.79. The maximum Gasteiger partial charge on any atom is 0.308 e. The van der Waals surface area contributed by atoms with Crippen LogP contribution in [0.4, 0.5) is 0 Å². The van der Waals surface area contributed by atoms with Crippen molar-refractivity contribution < 1.29 is 19.0 Å². The Morgan fingerprint density at radius 1 is 0.686 bits per heavy atom. The highest BCUT2D eigenvalue weighted by Gasteiger charge is 2.29. The second-order valence-electron chi connectivity index (χ2n) is 7.63. The van der Waals surface area contributed by atoms with E-state index in [1.807, 2.05) is 62.4 Å². The highest BCUT2D eigenvalue weighted by molar-refractivity contribution is 6.37. The second kappa shape index (κ2) is 10.8. The lowest BCUT2D eigenvalue weighted by Crippen LogP contribution is -2.07. The van der Waals surface area contributed by atoms with Gasteiger partial charge < -0.3 is 14.2 Å². The first-order valence-electron chi connectivity index (χ1n) is 11.1. The molecule has 0 radical (unpaired) electrons. The third kappa shape index (κ3) is 4.79. The van der Waals surface area contributed by atoms with Gasteiger partial charge in [0, 0.05) is 44.6 Å². The fourth-order valence-electron chi connectivity index (χ4n) is 4.14. The number of rotatable bonds is 7. The molecule has 7 heteroatoms. The Morgan fingerprint density at radius 3 is 1.71 bits per heavy atom. The Morgan fingerprint density at radius 2 is 1.20 bits per heavy atom. The molecule has 0 atom stereocenters. The number of carbonyl (C=O) groups excluding carboxylic acids is 1. The van der Waals surface area contributed by atoms with E-state index in [2.05, 4.69) is 0 Å². The van der Waals surface area contributed by atoms with E-state index < -0.39 is 5.97 Å². The van der Waals surface area contributed by atoms with E-state index in [-0.39, 0.29) is 10.8 Å². The smallest absolute Gasteiger partial charge is 0.308 e. The minimum absolute atomic E-state index is 0.212. The van der Waals surface area contributed by atoms with Crippen LogP contribution in [0, 0.1) is 0 Å². The van der Waals surface area contributed by atoms with Gasteiger partial charge in [0.25, 0.3) is 0 Å². The lowest BCUT2D eigenvalue weighted by molar-refractivity contribution is -0.131. The van der Waals surface area contributed by atoms with Crippen molar-refractivity contribution in [2.75, 3.05) is 13.2 Å². The van der Waals surface area contributed by atoms with Crippen LogP contribution in [0.1, 0.15) is 20.8 Å². The van der Waals surface area contributed by atoms with Crippen LogP contribution in [0.15, 0.2) is 60.7 Å². The molecule has 0 spiro atoms. The number of halogens is 3. The summed E-state index contributed by atoms with van der Waals surface area (Å²) in [4.78, 5) is 12.1. The number of fused-ring (bicyclic) bond motifs is 1. The zero-order chi connectivity index (χ0) is 25.1. The summed E-state index contributed by atoms with van der Waals surface area (Å²) >= 11 is 19.9. The molecule has 4 nitrogen and oxygen atoms in total. The summed E-state index contributed by atoms with van der Waals surface area (Å²) in [5, 5.41) is 2.60. The minimum Gasteiger partial charge on any atom is -0.489 e. The summed E-state index contributed by atoms with van der Waals surface area (Å²) < 4.78 is 18.1. The van der Waals surface area contributed by atoms with Crippen LogP contribution < -0.4 is 14.2 Å². The largest absolute Gasteiger partial charge is 0.489 e. The van der Waals surface area contributed by atoms with E-state index in [0.29, 0.717) is 56.8 Å². The summed E-state index contributed by atoms with van der Waals surface area (Å²) in [7, 11) is 0. The molecule has 0 unspecified atom stereocenters. The van der Waals surface area contributed by atoms with Gasteiger partial charge in [0.1, 0.15) is 0 Å². The van der Waals surface area contributed by atoms with Gasteiger partial charge in [-0.1, -0.05) is 77.3 Å². The zero-order valence-electron chi connectivity index (χ0n) is 19.5. The summed E-state index contributed by atoms with van der Waals surface area (Å²) in [5.41, 5.74) is 2.75. The number of carbonyl (C=O) groups is 1. The van der Waals surface area contributed by atoms with Gasteiger partial charge in [-0.05, 0) is 37.4 Å². The maximum absolute atomic E-state index is 12.1. The van der Waals surface area contributed by atoms with E-state index in [4.69, 9.17) is 49.0 Å². The Bertz CT molecular complexity index is 1420. The van der Waals surface area contributed by atoms with E-state index >= 15 is 0 Å². The lowest BCUT2D eigenvalue weighted by Gasteiger charge is -2.24. The maximum atomic E-state index is 12.1. The van der Waals surface area contributed by atoms with E-state index in [1.165, 1.54) is 6.92 Å². The number of hydrogen-bond acceptors (Lipinski definition) is 4.